The Morgan fingerprint density at radius 3 is 3.22 bits per heavy atom. The topological polar surface area (TPSA) is 21.6 Å². The monoisotopic (exact) mass is 126 g/mol. The maximum absolute atomic E-state index is 4.89. The SMILES string of the molecule is CCON=C1C[CH]CC1. The molecule has 1 radical (unpaired) electrons. The zero-order chi connectivity index (χ0) is 6.53. The summed E-state index contributed by atoms with van der Waals surface area (Å²) < 4.78 is 0. The summed E-state index contributed by atoms with van der Waals surface area (Å²) in [6.45, 7) is 2.63. The van der Waals surface area contributed by atoms with E-state index in [4.69, 9.17) is 4.84 Å². The smallest absolute Gasteiger partial charge is 0.114 e. The van der Waals surface area contributed by atoms with Crippen molar-refractivity contribution in [1.29, 1.82) is 0 Å². The normalized spacial score (nSPS) is 23.0. The Kier molecular flexibility index (Phi) is 2.55. The Labute approximate surface area is 55.9 Å². The van der Waals surface area contributed by atoms with Crippen LogP contribution in [0.4, 0.5) is 0 Å². The second kappa shape index (κ2) is 3.49. The molecule has 51 valence electrons. The van der Waals surface area contributed by atoms with Crippen molar-refractivity contribution in [3.8, 4) is 0 Å². The third-order valence-corrected chi connectivity index (χ3v) is 1.34. The summed E-state index contributed by atoms with van der Waals surface area (Å²) in [6.07, 6.45) is 5.53. The van der Waals surface area contributed by atoms with Gasteiger partial charge in [0.15, 0.2) is 0 Å². The lowest BCUT2D eigenvalue weighted by Crippen LogP contribution is -1.90. The number of hydrogen-bond donors (Lipinski definition) is 0. The van der Waals surface area contributed by atoms with Crippen LogP contribution in [0, 0.1) is 6.42 Å². The molecule has 1 aliphatic rings. The Bertz CT molecular complexity index is 101. The van der Waals surface area contributed by atoms with E-state index in [9.17, 15) is 0 Å². The zero-order valence-corrected chi connectivity index (χ0v) is 5.76. The second-order valence-corrected chi connectivity index (χ2v) is 2.11. The Morgan fingerprint density at radius 2 is 2.67 bits per heavy atom. The van der Waals surface area contributed by atoms with Crippen LogP contribution in [0.5, 0.6) is 0 Å². The van der Waals surface area contributed by atoms with Crippen LogP contribution in [0.2, 0.25) is 0 Å². The fourth-order valence-corrected chi connectivity index (χ4v) is 0.878. The summed E-state index contributed by atoms with van der Waals surface area (Å²) in [4.78, 5) is 4.89. The molecule has 0 saturated heterocycles. The molecule has 1 saturated carbocycles. The average Bonchev–Trinajstić information content (AvgIpc) is 2.34. The van der Waals surface area contributed by atoms with Crippen molar-refractivity contribution >= 4 is 5.71 Å². The van der Waals surface area contributed by atoms with Crippen molar-refractivity contribution in [3.63, 3.8) is 0 Å². The first-order valence-corrected chi connectivity index (χ1v) is 3.43. The summed E-state index contributed by atoms with van der Waals surface area (Å²) in [7, 11) is 0. The average molecular weight is 126 g/mol. The van der Waals surface area contributed by atoms with Crippen molar-refractivity contribution < 1.29 is 4.84 Å². The van der Waals surface area contributed by atoms with Crippen LogP contribution in [-0.2, 0) is 4.84 Å². The van der Waals surface area contributed by atoms with Crippen molar-refractivity contribution in [1.82, 2.24) is 0 Å². The van der Waals surface area contributed by atoms with Gasteiger partial charge in [0.2, 0.25) is 0 Å². The highest BCUT2D eigenvalue weighted by Crippen LogP contribution is 2.13. The quantitative estimate of drug-likeness (QED) is 0.517. The minimum atomic E-state index is 0.684. The third-order valence-electron chi connectivity index (χ3n) is 1.34. The second-order valence-electron chi connectivity index (χ2n) is 2.11. The molecule has 9 heavy (non-hydrogen) atoms. The highest BCUT2D eigenvalue weighted by molar-refractivity contribution is 5.87. The maximum atomic E-state index is 4.89. The standard InChI is InChI=1S/C7H12NO/c1-2-9-8-7-5-3-4-6-7/h3H,2,4-6H2,1H3. The van der Waals surface area contributed by atoms with Gasteiger partial charge in [0.05, 0.1) is 5.71 Å². The molecule has 2 nitrogen and oxygen atoms in total. The van der Waals surface area contributed by atoms with Crippen LogP contribution in [0.1, 0.15) is 26.2 Å². The van der Waals surface area contributed by atoms with Crippen LogP contribution in [0.15, 0.2) is 5.16 Å². The fourth-order valence-electron chi connectivity index (χ4n) is 0.878. The number of oxime groups is 1. The molecule has 0 N–H and O–H groups in total. The minimum Gasteiger partial charge on any atom is -0.396 e. The van der Waals surface area contributed by atoms with E-state index in [0.29, 0.717) is 6.61 Å². The minimum absolute atomic E-state index is 0.684. The molecule has 2 heteroatoms. The molecular weight excluding hydrogens is 114 g/mol. The largest absolute Gasteiger partial charge is 0.396 e. The number of rotatable bonds is 2. The van der Waals surface area contributed by atoms with E-state index < -0.39 is 0 Å². The first kappa shape index (κ1) is 6.59. The molecule has 0 spiro atoms. The number of hydrogen-bond acceptors (Lipinski definition) is 2. The first-order valence-electron chi connectivity index (χ1n) is 3.43. The molecule has 0 aliphatic heterocycles. The molecule has 0 aromatic carbocycles. The third kappa shape index (κ3) is 2.04. The number of nitrogens with zero attached hydrogens (tertiary/aromatic N) is 1. The predicted molar refractivity (Wildman–Crippen MR) is 37.2 cm³/mol. The van der Waals surface area contributed by atoms with Gasteiger partial charge in [-0.2, -0.15) is 0 Å². The molecular formula is C7H12NO. The lowest BCUT2D eigenvalue weighted by molar-refractivity contribution is 0.158. The highest BCUT2D eigenvalue weighted by atomic mass is 16.6. The van der Waals surface area contributed by atoms with Crippen molar-refractivity contribution in [3.05, 3.63) is 6.42 Å². The van der Waals surface area contributed by atoms with E-state index in [1.165, 1.54) is 12.1 Å². The Morgan fingerprint density at radius 1 is 1.78 bits per heavy atom. The van der Waals surface area contributed by atoms with Gasteiger partial charge in [-0.05, 0) is 32.6 Å². The van der Waals surface area contributed by atoms with E-state index in [0.717, 1.165) is 12.8 Å². The van der Waals surface area contributed by atoms with E-state index in [1.807, 2.05) is 6.92 Å². The van der Waals surface area contributed by atoms with Gasteiger partial charge in [0, 0.05) is 0 Å². The highest BCUT2D eigenvalue weighted by Gasteiger charge is 2.07. The molecule has 0 unspecified atom stereocenters. The summed E-state index contributed by atoms with van der Waals surface area (Å²) >= 11 is 0. The summed E-state index contributed by atoms with van der Waals surface area (Å²) in [5.41, 5.74) is 1.19. The summed E-state index contributed by atoms with van der Waals surface area (Å²) in [6, 6.07) is 0. The van der Waals surface area contributed by atoms with Crippen LogP contribution in [0.3, 0.4) is 0 Å². The lowest BCUT2D eigenvalue weighted by atomic mass is 10.3. The predicted octanol–water partition coefficient (Wildman–Crippen LogP) is 1.77. The molecule has 0 heterocycles. The van der Waals surface area contributed by atoms with Gasteiger partial charge in [-0.1, -0.05) is 5.16 Å². The molecule has 0 bridgehead atoms. The molecule has 0 atom stereocenters. The molecule has 0 aromatic heterocycles. The van der Waals surface area contributed by atoms with E-state index in [-0.39, 0.29) is 0 Å². The first-order chi connectivity index (χ1) is 4.43. The maximum Gasteiger partial charge on any atom is 0.114 e. The summed E-state index contributed by atoms with van der Waals surface area (Å²) in [5, 5.41) is 3.93. The van der Waals surface area contributed by atoms with E-state index in [1.54, 1.807) is 0 Å². The van der Waals surface area contributed by atoms with Gasteiger partial charge in [-0.15, -0.1) is 0 Å². The van der Waals surface area contributed by atoms with Gasteiger partial charge in [0.1, 0.15) is 6.61 Å². The Hall–Kier alpha value is -0.530. The summed E-state index contributed by atoms with van der Waals surface area (Å²) in [5.74, 6) is 0. The van der Waals surface area contributed by atoms with Crippen molar-refractivity contribution in [2.45, 2.75) is 26.2 Å². The van der Waals surface area contributed by atoms with Crippen LogP contribution in [-0.4, -0.2) is 12.3 Å². The van der Waals surface area contributed by atoms with Crippen LogP contribution in [0.25, 0.3) is 0 Å². The van der Waals surface area contributed by atoms with Crippen molar-refractivity contribution in [2.24, 2.45) is 5.16 Å². The van der Waals surface area contributed by atoms with E-state index >= 15 is 0 Å². The zero-order valence-electron chi connectivity index (χ0n) is 5.76. The molecule has 0 amide bonds. The molecule has 1 aliphatic carbocycles. The van der Waals surface area contributed by atoms with Gasteiger partial charge in [-0.25, -0.2) is 0 Å². The molecule has 1 rings (SSSR count). The van der Waals surface area contributed by atoms with Gasteiger partial charge >= 0.3 is 0 Å². The van der Waals surface area contributed by atoms with Gasteiger partial charge in [0.25, 0.3) is 0 Å². The van der Waals surface area contributed by atoms with Gasteiger partial charge in [-0.3, -0.25) is 0 Å². The van der Waals surface area contributed by atoms with Gasteiger partial charge < -0.3 is 4.84 Å². The fraction of sp³-hybridized carbons (Fsp3) is 0.714. The van der Waals surface area contributed by atoms with Crippen LogP contribution >= 0.6 is 0 Å². The Balaban J connectivity index is 2.22. The molecule has 1 fully saturated rings. The lowest BCUT2D eigenvalue weighted by Gasteiger charge is -1.93. The van der Waals surface area contributed by atoms with Crippen molar-refractivity contribution in [2.75, 3.05) is 6.61 Å². The van der Waals surface area contributed by atoms with E-state index in [2.05, 4.69) is 11.6 Å². The van der Waals surface area contributed by atoms with Crippen LogP contribution < -0.4 is 0 Å². The molecule has 0 aromatic rings.